The molecule has 0 saturated heterocycles. The minimum atomic E-state index is 0.282. The van der Waals surface area contributed by atoms with Gasteiger partial charge in [-0.15, -0.1) is 0 Å². The Morgan fingerprint density at radius 1 is 1.21 bits per heavy atom. The van der Waals surface area contributed by atoms with Crippen LogP contribution >= 0.6 is 0 Å². The number of nitrogens with two attached hydrogens (primary N) is 1. The first-order valence-electron chi connectivity index (χ1n) is 10.6. The summed E-state index contributed by atoms with van der Waals surface area (Å²) in [6.45, 7) is 4.40. The molecule has 0 aliphatic heterocycles. The Balaban J connectivity index is 1.63. The summed E-state index contributed by atoms with van der Waals surface area (Å²) in [6.07, 6.45) is 12.2. The maximum Gasteiger partial charge on any atom is 0.150 e. The van der Waals surface area contributed by atoms with Crippen LogP contribution < -0.4 is 10.5 Å². The molecule has 4 rings (SSSR count). The summed E-state index contributed by atoms with van der Waals surface area (Å²) in [7, 11) is 0. The maximum atomic E-state index is 6.23. The monoisotopic (exact) mass is 378 g/mol. The van der Waals surface area contributed by atoms with Crippen molar-refractivity contribution in [1.29, 1.82) is 0 Å². The van der Waals surface area contributed by atoms with Crippen LogP contribution in [-0.4, -0.2) is 20.5 Å². The van der Waals surface area contributed by atoms with E-state index in [1.165, 1.54) is 32.1 Å². The summed E-state index contributed by atoms with van der Waals surface area (Å²) in [5.74, 6) is 3.08. The molecule has 0 bridgehead atoms. The molecule has 1 atom stereocenters. The van der Waals surface area contributed by atoms with Gasteiger partial charge in [-0.1, -0.05) is 33.1 Å². The Bertz CT molecular complexity index is 928. The number of imidazole rings is 1. The number of ether oxygens (including phenoxy) is 1. The molecule has 28 heavy (non-hydrogen) atoms. The van der Waals surface area contributed by atoms with E-state index in [-0.39, 0.29) is 6.10 Å². The maximum absolute atomic E-state index is 6.23. The van der Waals surface area contributed by atoms with Gasteiger partial charge in [0.05, 0.1) is 6.10 Å². The highest BCUT2D eigenvalue weighted by atomic mass is 16.5. The van der Waals surface area contributed by atoms with E-state index in [4.69, 9.17) is 15.5 Å². The molecule has 3 aromatic rings. The summed E-state index contributed by atoms with van der Waals surface area (Å²) in [5, 5.41) is 0. The van der Waals surface area contributed by atoms with Crippen LogP contribution in [0.5, 0.6) is 5.75 Å². The van der Waals surface area contributed by atoms with Crippen molar-refractivity contribution in [2.75, 3.05) is 5.73 Å². The standard InChI is InChI=1S/C23H30N4O/c1-3-5-9-18(4-2)28-19-12-10-16(11-13-19)20-21-22(24)25-14-15-27(21)23(26-20)17-7-6-8-17/h10-15,17-18H,3-9H2,1-2H3,(H2,24,25). The number of rotatable bonds is 8. The average Bonchev–Trinajstić information content (AvgIpc) is 3.05. The van der Waals surface area contributed by atoms with Gasteiger partial charge < -0.3 is 10.5 Å². The van der Waals surface area contributed by atoms with Gasteiger partial charge in [0, 0.05) is 23.9 Å². The van der Waals surface area contributed by atoms with Crippen molar-refractivity contribution < 1.29 is 4.74 Å². The molecule has 1 unspecified atom stereocenters. The zero-order valence-electron chi connectivity index (χ0n) is 16.9. The third-order valence-electron chi connectivity index (χ3n) is 5.85. The number of fused-ring (bicyclic) bond motifs is 1. The molecule has 2 aromatic heterocycles. The fourth-order valence-corrected chi connectivity index (χ4v) is 3.90. The first-order valence-corrected chi connectivity index (χ1v) is 10.6. The second kappa shape index (κ2) is 8.21. The molecule has 148 valence electrons. The predicted molar refractivity (Wildman–Crippen MR) is 114 cm³/mol. The van der Waals surface area contributed by atoms with Gasteiger partial charge in [0.1, 0.15) is 28.6 Å². The second-order valence-corrected chi connectivity index (χ2v) is 7.79. The van der Waals surface area contributed by atoms with Crippen LogP contribution in [0.15, 0.2) is 36.7 Å². The van der Waals surface area contributed by atoms with Crippen molar-refractivity contribution >= 4 is 11.3 Å². The zero-order chi connectivity index (χ0) is 19.5. The molecular formula is C23H30N4O. The Hall–Kier alpha value is -2.56. The Kier molecular flexibility index (Phi) is 5.51. The molecule has 0 radical (unpaired) electrons. The van der Waals surface area contributed by atoms with Crippen LogP contribution in [0.4, 0.5) is 5.82 Å². The molecule has 0 spiro atoms. The first kappa shape index (κ1) is 18.8. The fourth-order valence-electron chi connectivity index (χ4n) is 3.90. The highest BCUT2D eigenvalue weighted by Crippen LogP contribution is 2.39. The first-order chi connectivity index (χ1) is 13.7. The lowest BCUT2D eigenvalue weighted by molar-refractivity contribution is 0.183. The molecular weight excluding hydrogens is 348 g/mol. The van der Waals surface area contributed by atoms with E-state index in [2.05, 4.69) is 35.4 Å². The van der Waals surface area contributed by atoms with E-state index in [0.29, 0.717) is 11.7 Å². The summed E-state index contributed by atoms with van der Waals surface area (Å²) in [6, 6.07) is 8.26. The summed E-state index contributed by atoms with van der Waals surface area (Å²) in [4.78, 5) is 9.29. The number of aromatic nitrogens is 3. The molecule has 1 aromatic carbocycles. The third kappa shape index (κ3) is 3.58. The average molecular weight is 379 g/mol. The molecule has 1 saturated carbocycles. The predicted octanol–water partition coefficient (Wildman–Crippen LogP) is 5.59. The van der Waals surface area contributed by atoms with Crippen LogP contribution in [0.3, 0.4) is 0 Å². The molecule has 2 N–H and O–H groups in total. The van der Waals surface area contributed by atoms with Crippen molar-refractivity contribution in [1.82, 2.24) is 14.4 Å². The van der Waals surface area contributed by atoms with Crippen molar-refractivity contribution in [2.45, 2.75) is 70.8 Å². The molecule has 0 amide bonds. The normalized spacial score (nSPS) is 15.5. The number of benzene rings is 1. The zero-order valence-corrected chi connectivity index (χ0v) is 16.9. The fraction of sp³-hybridized carbons (Fsp3) is 0.478. The van der Waals surface area contributed by atoms with Crippen LogP contribution in [0.2, 0.25) is 0 Å². The van der Waals surface area contributed by atoms with Gasteiger partial charge in [0.15, 0.2) is 0 Å². The SMILES string of the molecule is CCCCC(CC)Oc1ccc(-c2nc(C3CCC3)n3ccnc(N)c23)cc1. The van der Waals surface area contributed by atoms with E-state index >= 15 is 0 Å². The van der Waals surface area contributed by atoms with Crippen molar-refractivity contribution in [3.63, 3.8) is 0 Å². The van der Waals surface area contributed by atoms with Crippen LogP contribution in [0.1, 0.15) is 70.5 Å². The lowest BCUT2D eigenvalue weighted by Gasteiger charge is -2.23. The summed E-state index contributed by atoms with van der Waals surface area (Å²) < 4.78 is 8.30. The van der Waals surface area contributed by atoms with Crippen molar-refractivity contribution in [3.8, 4) is 17.0 Å². The summed E-state index contributed by atoms with van der Waals surface area (Å²) >= 11 is 0. The number of nitrogen functional groups attached to an aromatic ring is 1. The molecule has 1 fully saturated rings. The minimum absolute atomic E-state index is 0.282. The van der Waals surface area contributed by atoms with E-state index in [9.17, 15) is 0 Å². The Morgan fingerprint density at radius 3 is 2.64 bits per heavy atom. The molecule has 1 aliphatic rings. The molecule has 5 heteroatoms. The highest BCUT2D eigenvalue weighted by molar-refractivity contribution is 5.85. The quantitative estimate of drug-likeness (QED) is 0.554. The number of nitrogens with zero attached hydrogens (tertiary/aromatic N) is 3. The van der Waals surface area contributed by atoms with Crippen LogP contribution in [0.25, 0.3) is 16.8 Å². The van der Waals surface area contributed by atoms with E-state index < -0.39 is 0 Å². The smallest absolute Gasteiger partial charge is 0.150 e. The van der Waals surface area contributed by atoms with Gasteiger partial charge in [0.2, 0.25) is 0 Å². The number of hydrogen-bond acceptors (Lipinski definition) is 4. The molecule has 5 nitrogen and oxygen atoms in total. The topological polar surface area (TPSA) is 65.4 Å². The largest absolute Gasteiger partial charge is 0.490 e. The second-order valence-electron chi connectivity index (χ2n) is 7.79. The summed E-state index contributed by atoms with van der Waals surface area (Å²) in [5.41, 5.74) is 9.11. The highest BCUT2D eigenvalue weighted by Gasteiger charge is 2.26. The van der Waals surface area contributed by atoms with Gasteiger partial charge >= 0.3 is 0 Å². The van der Waals surface area contributed by atoms with E-state index in [0.717, 1.165) is 41.2 Å². The van der Waals surface area contributed by atoms with Crippen LogP contribution in [-0.2, 0) is 0 Å². The van der Waals surface area contributed by atoms with Gasteiger partial charge in [-0.25, -0.2) is 9.97 Å². The molecule has 2 heterocycles. The lowest BCUT2D eigenvalue weighted by atomic mass is 9.85. The minimum Gasteiger partial charge on any atom is -0.490 e. The number of hydrogen-bond donors (Lipinski definition) is 1. The third-order valence-corrected chi connectivity index (χ3v) is 5.85. The number of unbranched alkanes of at least 4 members (excludes halogenated alkanes) is 1. The number of anilines is 1. The van der Waals surface area contributed by atoms with Crippen LogP contribution in [0, 0.1) is 0 Å². The Labute approximate surface area is 167 Å². The van der Waals surface area contributed by atoms with Crippen molar-refractivity contribution in [3.05, 3.63) is 42.5 Å². The molecule has 1 aliphatic carbocycles. The van der Waals surface area contributed by atoms with Gasteiger partial charge in [-0.3, -0.25) is 4.40 Å². The van der Waals surface area contributed by atoms with Gasteiger partial charge in [0.25, 0.3) is 0 Å². The Morgan fingerprint density at radius 2 is 2.00 bits per heavy atom. The van der Waals surface area contributed by atoms with Gasteiger partial charge in [-0.05, 0) is 49.9 Å². The van der Waals surface area contributed by atoms with E-state index in [1.807, 2.05) is 18.3 Å². The van der Waals surface area contributed by atoms with E-state index in [1.54, 1.807) is 6.20 Å². The lowest BCUT2D eigenvalue weighted by Crippen LogP contribution is -2.14. The van der Waals surface area contributed by atoms with Crippen molar-refractivity contribution in [2.24, 2.45) is 0 Å². The van der Waals surface area contributed by atoms with Gasteiger partial charge in [-0.2, -0.15) is 0 Å².